The zero-order valence-electron chi connectivity index (χ0n) is 14.0. The Morgan fingerprint density at radius 2 is 1.92 bits per heavy atom. The summed E-state index contributed by atoms with van der Waals surface area (Å²) in [4.78, 5) is 38.8. The zero-order chi connectivity index (χ0) is 18.4. The van der Waals surface area contributed by atoms with Gasteiger partial charge in [-0.3, -0.25) is 9.59 Å². The molecule has 0 spiro atoms. The van der Waals surface area contributed by atoms with Crippen molar-refractivity contribution in [2.24, 2.45) is 0 Å². The predicted octanol–water partition coefficient (Wildman–Crippen LogP) is 0.803. The number of para-hydroxylation sites is 1. The van der Waals surface area contributed by atoms with Crippen LogP contribution in [0.25, 0.3) is 10.9 Å². The third kappa shape index (κ3) is 4.76. The van der Waals surface area contributed by atoms with E-state index in [1.165, 1.54) is 14.0 Å². The zero-order valence-corrected chi connectivity index (χ0v) is 14.9. The lowest BCUT2D eigenvalue weighted by molar-refractivity contribution is -0.144. The van der Waals surface area contributed by atoms with Crippen LogP contribution in [0.2, 0.25) is 0 Å². The van der Waals surface area contributed by atoms with Gasteiger partial charge in [-0.2, -0.15) is 12.6 Å². The highest BCUT2D eigenvalue weighted by Crippen LogP contribution is 2.19. The van der Waals surface area contributed by atoms with E-state index in [2.05, 4.69) is 33.0 Å². The minimum atomic E-state index is -0.875. The first kappa shape index (κ1) is 18.9. The normalized spacial score (nSPS) is 13.1. The lowest BCUT2D eigenvalue weighted by Crippen LogP contribution is -2.52. The lowest BCUT2D eigenvalue weighted by Gasteiger charge is -2.20. The molecule has 2 rings (SSSR count). The minimum absolute atomic E-state index is 0.0955. The molecular formula is C17H21N3O4S. The maximum Gasteiger partial charge on any atom is 0.329 e. The number of aromatic nitrogens is 1. The van der Waals surface area contributed by atoms with Crippen LogP contribution >= 0.6 is 12.6 Å². The predicted molar refractivity (Wildman–Crippen MR) is 97.4 cm³/mol. The SMILES string of the molecule is COC(=O)[C@H](CS)NC(=O)[C@H](Cc1c[nH]c2ccccc12)NC(C)=O. The van der Waals surface area contributed by atoms with E-state index in [1.807, 2.05) is 30.5 Å². The van der Waals surface area contributed by atoms with Gasteiger partial charge in [0.05, 0.1) is 7.11 Å². The molecule has 3 N–H and O–H groups in total. The number of esters is 1. The molecule has 0 saturated carbocycles. The van der Waals surface area contributed by atoms with Crippen LogP contribution in [0, 0.1) is 0 Å². The molecule has 8 heteroatoms. The van der Waals surface area contributed by atoms with Gasteiger partial charge in [-0.25, -0.2) is 4.79 Å². The number of rotatable bonds is 7. The molecule has 0 fully saturated rings. The van der Waals surface area contributed by atoms with Crippen LogP contribution in [0.5, 0.6) is 0 Å². The number of hydrogen-bond donors (Lipinski definition) is 4. The van der Waals surface area contributed by atoms with Gasteiger partial charge >= 0.3 is 5.97 Å². The van der Waals surface area contributed by atoms with Gasteiger partial charge < -0.3 is 20.4 Å². The van der Waals surface area contributed by atoms with Gasteiger partial charge in [0.25, 0.3) is 0 Å². The van der Waals surface area contributed by atoms with E-state index >= 15 is 0 Å². The first-order valence-electron chi connectivity index (χ1n) is 7.77. The quantitative estimate of drug-likeness (QED) is 0.432. The third-order valence-corrected chi connectivity index (χ3v) is 4.14. The maximum absolute atomic E-state index is 12.6. The second kappa shape index (κ2) is 8.57. The van der Waals surface area contributed by atoms with Crippen molar-refractivity contribution >= 4 is 41.3 Å². The Morgan fingerprint density at radius 1 is 1.20 bits per heavy atom. The molecule has 0 aliphatic carbocycles. The van der Waals surface area contributed by atoms with Crippen molar-refractivity contribution in [3.63, 3.8) is 0 Å². The molecule has 0 unspecified atom stereocenters. The van der Waals surface area contributed by atoms with Crippen LogP contribution in [-0.2, 0) is 25.5 Å². The molecule has 25 heavy (non-hydrogen) atoms. The van der Waals surface area contributed by atoms with Gasteiger partial charge in [-0.05, 0) is 11.6 Å². The summed E-state index contributed by atoms with van der Waals surface area (Å²) in [6, 6.07) is 5.99. The molecular weight excluding hydrogens is 342 g/mol. The summed E-state index contributed by atoms with van der Waals surface area (Å²) in [5, 5.41) is 6.17. The molecule has 7 nitrogen and oxygen atoms in total. The third-order valence-electron chi connectivity index (χ3n) is 3.78. The molecule has 0 aliphatic rings. The van der Waals surface area contributed by atoms with Gasteiger partial charge in [-0.1, -0.05) is 18.2 Å². The molecule has 2 aromatic rings. The Kier molecular flexibility index (Phi) is 6.46. The summed E-state index contributed by atoms with van der Waals surface area (Å²) < 4.78 is 4.63. The van der Waals surface area contributed by atoms with Gasteiger partial charge in [0, 0.05) is 36.2 Å². The summed E-state index contributed by atoms with van der Waals surface area (Å²) in [6.45, 7) is 1.34. The van der Waals surface area contributed by atoms with E-state index in [9.17, 15) is 14.4 Å². The number of fused-ring (bicyclic) bond motifs is 1. The Labute approximate surface area is 150 Å². The number of methoxy groups -OCH3 is 1. The van der Waals surface area contributed by atoms with Crippen LogP contribution in [0.4, 0.5) is 0 Å². The van der Waals surface area contributed by atoms with Crippen molar-refractivity contribution < 1.29 is 19.1 Å². The number of carbonyl (C=O) groups excluding carboxylic acids is 3. The summed E-state index contributed by atoms with van der Waals surface area (Å²) in [6.07, 6.45) is 2.10. The summed E-state index contributed by atoms with van der Waals surface area (Å²) in [5.41, 5.74) is 1.84. The highest BCUT2D eigenvalue weighted by molar-refractivity contribution is 7.80. The van der Waals surface area contributed by atoms with E-state index < -0.39 is 24.0 Å². The molecule has 1 aromatic carbocycles. The smallest absolute Gasteiger partial charge is 0.329 e. The van der Waals surface area contributed by atoms with Crippen molar-refractivity contribution in [1.82, 2.24) is 15.6 Å². The van der Waals surface area contributed by atoms with E-state index in [1.54, 1.807) is 0 Å². The second-order valence-corrected chi connectivity index (χ2v) is 5.95. The van der Waals surface area contributed by atoms with Crippen molar-refractivity contribution in [3.05, 3.63) is 36.0 Å². The summed E-state index contributed by atoms with van der Waals surface area (Å²) in [7, 11) is 1.24. The van der Waals surface area contributed by atoms with Crippen molar-refractivity contribution in [1.29, 1.82) is 0 Å². The number of thiol groups is 1. The fraction of sp³-hybridized carbons (Fsp3) is 0.353. The highest BCUT2D eigenvalue weighted by Gasteiger charge is 2.26. The van der Waals surface area contributed by atoms with Crippen molar-refractivity contribution in [3.8, 4) is 0 Å². The molecule has 0 radical (unpaired) electrons. The standard InChI is InChI=1S/C17H21N3O4S/c1-10(21)19-14(16(22)20-15(9-25)17(23)24-2)7-11-8-18-13-6-4-3-5-12(11)13/h3-6,8,14-15,18,25H,7,9H2,1-2H3,(H,19,21)(H,20,22)/t14-,15-/m0/s1. The van der Waals surface area contributed by atoms with Crippen LogP contribution in [0.1, 0.15) is 12.5 Å². The van der Waals surface area contributed by atoms with Gasteiger partial charge in [0.1, 0.15) is 12.1 Å². The van der Waals surface area contributed by atoms with E-state index in [0.717, 1.165) is 16.5 Å². The highest BCUT2D eigenvalue weighted by atomic mass is 32.1. The number of amides is 2. The van der Waals surface area contributed by atoms with Crippen molar-refractivity contribution in [2.45, 2.75) is 25.4 Å². The molecule has 2 atom stereocenters. The number of ether oxygens (including phenoxy) is 1. The number of hydrogen-bond acceptors (Lipinski definition) is 5. The monoisotopic (exact) mass is 363 g/mol. The molecule has 0 bridgehead atoms. The second-order valence-electron chi connectivity index (χ2n) is 5.58. The van der Waals surface area contributed by atoms with E-state index in [-0.39, 0.29) is 18.1 Å². The lowest BCUT2D eigenvalue weighted by atomic mass is 10.0. The van der Waals surface area contributed by atoms with Gasteiger partial charge in [-0.15, -0.1) is 0 Å². The maximum atomic E-state index is 12.6. The average molecular weight is 363 g/mol. The van der Waals surface area contributed by atoms with Gasteiger partial charge in [0.2, 0.25) is 11.8 Å². The Balaban J connectivity index is 2.19. The summed E-state index contributed by atoms with van der Waals surface area (Å²) >= 11 is 4.05. The summed E-state index contributed by atoms with van der Waals surface area (Å²) in [5.74, 6) is -1.29. The molecule has 2 amide bonds. The Morgan fingerprint density at radius 3 is 2.56 bits per heavy atom. The minimum Gasteiger partial charge on any atom is -0.467 e. The van der Waals surface area contributed by atoms with E-state index in [4.69, 9.17) is 0 Å². The number of benzene rings is 1. The van der Waals surface area contributed by atoms with Crippen LogP contribution in [0.3, 0.4) is 0 Å². The van der Waals surface area contributed by atoms with Crippen LogP contribution in [-0.4, -0.2) is 47.7 Å². The first-order valence-corrected chi connectivity index (χ1v) is 8.40. The largest absolute Gasteiger partial charge is 0.467 e. The Bertz CT molecular complexity index is 774. The van der Waals surface area contributed by atoms with Crippen LogP contribution < -0.4 is 10.6 Å². The number of carbonyl (C=O) groups is 3. The first-order chi connectivity index (χ1) is 12.0. The fourth-order valence-corrected chi connectivity index (χ4v) is 2.81. The Hall–Kier alpha value is -2.48. The van der Waals surface area contributed by atoms with Crippen LogP contribution in [0.15, 0.2) is 30.5 Å². The molecule has 134 valence electrons. The number of aromatic amines is 1. The average Bonchev–Trinajstić information content (AvgIpc) is 3.01. The molecule has 0 aliphatic heterocycles. The molecule has 0 saturated heterocycles. The number of nitrogens with one attached hydrogen (secondary N) is 3. The molecule has 1 aromatic heterocycles. The fourth-order valence-electron chi connectivity index (χ4n) is 2.57. The molecule has 1 heterocycles. The number of H-pyrrole nitrogens is 1. The van der Waals surface area contributed by atoms with Gasteiger partial charge in [0.15, 0.2) is 0 Å². The van der Waals surface area contributed by atoms with E-state index in [0.29, 0.717) is 0 Å². The van der Waals surface area contributed by atoms with Crippen molar-refractivity contribution in [2.75, 3.05) is 12.9 Å². The topological polar surface area (TPSA) is 100 Å².